The van der Waals surface area contributed by atoms with Gasteiger partial charge in [0, 0.05) is 23.9 Å². The van der Waals surface area contributed by atoms with Crippen LogP contribution in [0, 0.1) is 0 Å². The van der Waals surface area contributed by atoms with Gasteiger partial charge in [0.15, 0.2) is 0 Å². The number of nitrogens with zero attached hydrogens (tertiary/aromatic N) is 2. The van der Waals surface area contributed by atoms with Crippen molar-refractivity contribution < 1.29 is 9.53 Å². The van der Waals surface area contributed by atoms with Crippen molar-refractivity contribution in [1.82, 2.24) is 9.88 Å². The van der Waals surface area contributed by atoms with Crippen LogP contribution in [0.2, 0.25) is 0 Å². The first-order valence-electron chi connectivity index (χ1n) is 6.92. The number of fused-ring (bicyclic) bond motifs is 1. The van der Waals surface area contributed by atoms with Gasteiger partial charge in [0.25, 0.3) is 5.91 Å². The van der Waals surface area contributed by atoms with Crippen LogP contribution in [0.15, 0.2) is 29.6 Å². The molecule has 110 valence electrons. The Morgan fingerprint density at radius 1 is 1.43 bits per heavy atom. The number of aromatic nitrogens is 1. The molecule has 2 N–H and O–H groups in total. The number of benzene rings is 1. The van der Waals surface area contributed by atoms with E-state index in [9.17, 15) is 4.79 Å². The maximum absolute atomic E-state index is 12.6. The zero-order valence-electron chi connectivity index (χ0n) is 11.6. The van der Waals surface area contributed by atoms with Gasteiger partial charge >= 0.3 is 0 Å². The highest BCUT2D eigenvalue weighted by molar-refractivity contribution is 7.09. The number of amides is 1. The van der Waals surface area contributed by atoms with Gasteiger partial charge in [-0.2, -0.15) is 0 Å². The summed E-state index contributed by atoms with van der Waals surface area (Å²) in [4.78, 5) is 18.7. The zero-order chi connectivity index (χ0) is 14.7. The molecule has 0 saturated heterocycles. The minimum Gasteiger partial charge on any atom is -0.491 e. The zero-order valence-corrected chi connectivity index (χ0v) is 12.4. The highest BCUT2D eigenvalue weighted by Gasteiger charge is 2.22. The number of ether oxygens (including phenoxy) is 1. The molecule has 0 saturated carbocycles. The first-order valence-corrected chi connectivity index (χ1v) is 7.80. The van der Waals surface area contributed by atoms with Gasteiger partial charge in [-0.3, -0.25) is 4.79 Å². The first-order chi connectivity index (χ1) is 10.3. The second-order valence-corrected chi connectivity index (χ2v) is 5.79. The molecule has 6 heteroatoms. The Labute approximate surface area is 127 Å². The summed E-state index contributed by atoms with van der Waals surface area (Å²) in [5, 5.41) is 2.72. The second kappa shape index (κ2) is 6.24. The van der Waals surface area contributed by atoms with E-state index in [0.717, 1.165) is 16.3 Å². The summed E-state index contributed by atoms with van der Waals surface area (Å²) in [6.45, 7) is 2.17. The number of nitrogens with two attached hydrogens (primary N) is 1. The van der Waals surface area contributed by atoms with Crippen molar-refractivity contribution in [2.24, 2.45) is 5.73 Å². The van der Waals surface area contributed by atoms with Crippen molar-refractivity contribution in [1.29, 1.82) is 0 Å². The predicted molar refractivity (Wildman–Crippen MR) is 81.5 cm³/mol. The molecule has 0 aliphatic carbocycles. The van der Waals surface area contributed by atoms with Crippen LogP contribution < -0.4 is 10.5 Å². The Bertz CT molecular complexity index is 641. The van der Waals surface area contributed by atoms with Crippen LogP contribution in [0.4, 0.5) is 0 Å². The van der Waals surface area contributed by atoms with Crippen LogP contribution >= 0.6 is 11.3 Å². The lowest BCUT2D eigenvalue weighted by molar-refractivity contribution is 0.0728. The Morgan fingerprint density at radius 3 is 3.14 bits per heavy atom. The molecule has 1 aliphatic heterocycles. The molecule has 1 aliphatic rings. The lowest BCUT2D eigenvalue weighted by Gasteiger charge is -2.18. The first kappa shape index (κ1) is 14.0. The van der Waals surface area contributed by atoms with E-state index in [4.69, 9.17) is 10.5 Å². The fraction of sp³-hybridized carbons (Fsp3) is 0.333. The lowest BCUT2D eigenvalue weighted by Crippen LogP contribution is -2.32. The van der Waals surface area contributed by atoms with Crippen LogP contribution in [-0.2, 0) is 13.0 Å². The molecule has 0 unspecified atom stereocenters. The normalized spacial score (nSPS) is 14.2. The van der Waals surface area contributed by atoms with Crippen molar-refractivity contribution in [2.75, 3.05) is 19.7 Å². The number of thiazole rings is 1. The van der Waals surface area contributed by atoms with Crippen LogP contribution in [0.3, 0.4) is 0 Å². The molecule has 0 radical (unpaired) electrons. The Morgan fingerprint density at radius 2 is 2.29 bits per heavy atom. The number of carbonyl (C=O) groups is 1. The topological polar surface area (TPSA) is 68.5 Å². The summed E-state index contributed by atoms with van der Waals surface area (Å²) in [5.41, 5.74) is 7.05. The van der Waals surface area contributed by atoms with Crippen LogP contribution in [0.25, 0.3) is 0 Å². The van der Waals surface area contributed by atoms with E-state index >= 15 is 0 Å². The molecule has 1 aromatic heterocycles. The minimum atomic E-state index is -0.0465. The van der Waals surface area contributed by atoms with Gasteiger partial charge in [-0.25, -0.2) is 4.98 Å². The monoisotopic (exact) mass is 303 g/mol. The molecular formula is C15H17N3O2S. The average Bonchev–Trinajstić information content (AvgIpc) is 2.85. The minimum absolute atomic E-state index is 0.0465. The van der Waals surface area contributed by atoms with E-state index in [1.165, 1.54) is 11.3 Å². The molecule has 0 spiro atoms. The van der Waals surface area contributed by atoms with E-state index in [0.29, 0.717) is 38.4 Å². The van der Waals surface area contributed by atoms with E-state index in [1.807, 2.05) is 29.6 Å². The highest BCUT2D eigenvalue weighted by atomic mass is 32.1. The smallest absolute Gasteiger partial charge is 0.273 e. The van der Waals surface area contributed by atoms with E-state index in [2.05, 4.69) is 4.98 Å². The SMILES string of the molecule is NCCc1nc(C(=O)N2CCOc3ccccc3C2)cs1. The van der Waals surface area contributed by atoms with Gasteiger partial charge in [0.1, 0.15) is 18.1 Å². The third-order valence-corrected chi connectivity index (χ3v) is 4.28. The molecule has 0 bridgehead atoms. The van der Waals surface area contributed by atoms with Crippen molar-refractivity contribution in [3.63, 3.8) is 0 Å². The molecule has 0 fully saturated rings. The van der Waals surface area contributed by atoms with Gasteiger partial charge in [0.2, 0.25) is 0 Å². The van der Waals surface area contributed by atoms with Crippen molar-refractivity contribution >= 4 is 17.2 Å². The molecule has 21 heavy (non-hydrogen) atoms. The van der Waals surface area contributed by atoms with E-state index in [1.54, 1.807) is 4.90 Å². The maximum Gasteiger partial charge on any atom is 0.273 e. The van der Waals surface area contributed by atoms with Gasteiger partial charge in [-0.05, 0) is 12.6 Å². The molecule has 5 nitrogen and oxygen atoms in total. The summed E-state index contributed by atoms with van der Waals surface area (Å²) in [6, 6.07) is 7.82. The average molecular weight is 303 g/mol. The third-order valence-electron chi connectivity index (χ3n) is 3.37. The fourth-order valence-corrected chi connectivity index (χ4v) is 3.10. The number of para-hydroxylation sites is 1. The van der Waals surface area contributed by atoms with Crippen molar-refractivity contribution in [2.45, 2.75) is 13.0 Å². The number of carbonyl (C=O) groups excluding carboxylic acids is 1. The molecule has 3 rings (SSSR count). The summed E-state index contributed by atoms with van der Waals surface area (Å²) >= 11 is 1.49. The molecule has 1 amide bonds. The second-order valence-electron chi connectivity index (χ2n) is 4.85. The lowest BCUT2D eigenvalue weighted by atomic mass is 10.2. The van der Waals surface area contributed by atoms with Crippen LogP contribution in [0.1, 0.15) is 21.1 Å². The summed E-state index contributed by atoms with van der Waals surface area (Å²) in [5.74, 6) is 0.810. The largest absolute Gasteiger partial charge is 0.491 e. The molecule has 0 atom stereocenters. The van der Waals surface area contributed by atoms with Crippen molar-refractivity contribution in [3.8, 4) is 5.75 Å². The highest BCUT2D eigenvalue weighted by Crippen LogP contribution is 2.23. The summed E-state index contributed by atoms with van der Waals surface area (Å²) in [6.07, 6.45) is 0.712. The van der Waals surface area contributed by atoms with Gasteiger partial charge < -0.3 is 15.4 Å². The quantitative estimate of drug-likeness (QED) is 0.936. The standard InChI is InChI=1S/C15H17N3O2S/c16-6-5-14-17-12(10-21-14)15(19)18-7-8-20-13-4-2-1-3-11(13)9-18/h1-4,10H,5-9,16H2. The maximum atomic E-state index is 12.6. The Kier molecular flexibility index (Phi) is 4.17. The molecule has 2 aromatic rings. The fourth-order valence-electron chi connectivity index (χ4n) is 2.31. The van der Waals surface area contributed by atoms with Gasteiger partial charge in [-0.15, -0.1) is 11.3 Å². The van der Waals surface area contributed by atoms with E-state index in [-0.39, 0.29) is 5.91 Å². The number of rotatable bonds is 3. The predicted octanol–water partition coefficient (Wildman–Crippen LogP) is 1.68. The third kappa shape index (κ3) is 3.06. The van der Waals surface area contributed by atoms with Gasteiger partial charge in [-0.1, -0.05) is 18.2 Å². The summed E-state index contributed by atoms with van der Waals surface area (Å²) < 4.78 is 5.68. The van der Waals surface area contributed by atoms with Crippen molar-refractivity contribution in [3.05, 3.63) is 45.9 Å². The molecule has 1 aromatic carbocycles. The Balaban J connectivity index is 1.78. The van der Waals surface area contributed by atoms with Gasteiger partial charge in [0.05, 0.1) is 11.6 Å². The van der Waals surface area contributed by atoms with Crippen LogP contribution in [-0.4, -0.2) is 35.5 Å². The van der Waals surface area contributed by atoms with Crippen LogP contribution in [0.5, 0.6) is 5.75 Å². The molecule has 2 heterocycles. The number of hydrogen-bond donors (Lipinski definition) is 1. The van der Waals surface area contributed by atoms with E-state index < -0.39 is 0 Å². The summed E-state index contributed by atoms with van der Waals surface area (Å²) in [7, 11) is 0. The Hall–Kier alpha value is -1.92. The number of hydrogen-bond acceptors (Lipinski definition) is 5. The molecular weight excluding hydrogens is 286 g/mol.